The second kappa shape index (κ2) is 11.6. The molecule has 27 heavy (non-hydrogen) atoms. The summed E-state index contributed by atoms with van der Waals surface area (Å²) in [6.07, 6.45) is 0.587. The highest BCUT2D eigenvalue weighted by molar-refractivity contribution is 14.0. The summed E-state index contributed by atoms with van der Waals surface area (Å²) >= 11 is 0. The average molecular weight is 529 g/mol. The molecule has 0 amide bonds. The molecule has 0 bridgehead atoms. The maximum absolute atomic E-state index is 12.6. The smallest absolute Gasteiger partial charge is 0.355 e. The number of hydrogen-bond donors (Lipinski definition) is 2. The molecule has 1 heterocycles. The molecular weight excluding hydrogens is 498 g/mol. The van der Waals surface area contributed by atoms with Gasteiger partial charge in [0.1, 0.15) is 0 Å². The summed E-state index contributed by atoms with van der Waals surface area (Å²) in [7, 11) is -3.61. The topological polar surface area (TPSA) is 77.0 Å². The molecule has 1 rings (SSSR count). The van der Waals surface area contributed by atoms with Crippen molar-refractivity contribution in [3.8, 4) is 0 Å². The van der Waals surface area contributed by atoms with Crippen molar-refractivity contribution in [1.82, 2.24) is 19.8 Å². The lowest BCUT2D eigenvalue weighted by Crippen LogP contribution is -2.53. The van der Waals surface area contributed by atoms with Crippen LogP contribution >= 0.6 is 24.0 Å². The highest BCUT2D eigenvalue weighted by Crippen LogP contribution is 2.28. The van der Waals surface area contributed by atoms with E-state index >= 15 is 0 Å². The van der Waals surface area contributed by atoms with E-state index in [9.17, 15) is 21.6 Å². The lowest BCUT2D eigenvalue weighted by Gasteiger charge is -2.33. The first-order valence-corrected chi connectivity index (χ1v) is 10.3. The van der Waals surface area contributed by atoms with Crippen LogP contribution in [0.1, 0.15) is 33.6 Å². The van der Waals surface area contributed by atoms with Crippen molar-refractivity contribution in [2.24, 2.45) is 4.99 Å². The van der Waals surface area contributed by atoms with Gasteiger partial charge in [-0.3, -0.25) is 9.89 Å². The van der Waals surface area contributed by atoms with E-state index in [1.807, 2.05) is 0 Å². The van der Waals surface area contributed by atoms with Crippen molar-refractivity contribution in [3.05, 3.63) is 0 Å². The number of guanidine groups is 1. The quantitative estimate of drug-likeness (QED) is 0.299. The van der Waals surface area contributed by atoms with Gasteiger partial charge in [-0.25, -0.2) is 8.42 Å². The highest BCUT2D eigenvalue weighted by atomic mass is 127. The third kappa shape index (κ3) is 7.54. The van der Waals surface area contributed by atoms with Gasteiger partial charge < -0.3 is 10.6 Å². The highest BCUT2D eigenvalue weighted by Gasteiger charge is 2.50. The molecule has 162 valence electrons. The summed E-state index contributed by atoms with van der Waals surface area (Å²) in [5.74, 6) is 0.570. The zero-order valence-electron chi connectivity index (χ0n) is 16.2. The molecule has 0 aromatic carbocycles. The number of nitrogens with one attached hydrogen (secondary N) is 2. The maximum atomic E-state index is 12.6. The first kappa shape index (κ1) is 26.7. The Morgan fingerprint density at radius 1 is 1.26 bits per heavy atom. The summed E-state index contributed by atoms with van der Waals surface area (Å²) in [5.41, 5.74) is -5.24. The Morgan fingerprint density at radius 3 is 2.19 bits per heavy atom. The second-order valence-corrected chi connectivity index (χ2v) is 8.22. The SMILES string of the molecule is CCN(CC)C(C)CNC(=NC)NC1CCN(S(=O)(=O)C(F)(F)F)CC1.I. The molecule has 1 aliphatic rings. The van der Waals surface area contributed by atoms with Crippen LogP contribution in [0.3, 0.4) is 0 Å². The van der Waals surface area contributed by atoms with Crippen LogP contribution in [-0.4, -0.2) is 80.9 Å². The van der Waals surface area contributed by atoms with Crippen molar-refractivity contribution in [2.45, 2.75) is 51.2 Å². The van der Waals surface area contributed by atoms with Gasteiger partial charge in [0, 0.05) is 38.8 Å². The predicted octanol–water partition coefficient (Wildman–Crippen LogP) is 1.81. The Kier molecular flexibility index (Phi) is 11.5. The number of aliphatic imine (C=N–C) groups is 1. The Hall–Kier alpha value is -0.340. The van der Waals surface area contributed by atoms with Crippen LogP contribution in [0.2, 0.25) is 0 Å². The van der Waals surface area contributed by atoms with Crippen LogP contribution < -0.4 is 10.6 Å². The summed E-state index contributed by atoms with van der Waals surface area (Å²) < 4.78 is 61.2. The zero-order chi connectivity index (χ0) is 20.0. The minimum Gasteiger partial charge on any atom is -0.355 e. The monoisotopic (exact) mass is 529 g/mol. The van der Waals surface area contributed by atoms with Crippen LogP contribution in [0, 0.1) is 0 Å². The van der Waals surface area contributed by atoms with Gasteiger partial charge in [0.25, 0.3) is 0 Å². The normalized spacial score (nSPS) is 18.9. The van der Waals surface area contributed by atoms with E-state index in [4.69, 9.17) is 0 Å². The first-order valence-electron chi connectivity index (χ1n) is 8.84. The first-order chi connectivity index (χ1) is 12.1. The molecule has 0 aromatic heterocycles. The molecule has 1 aliphatic heterocycles. The number of halogens is 4. The van der Waals surface area contributed by atoms with Crippen molar-refractivity contribution in [2.75, 3.05) is 39.8 Å². The van der Waals surface area contributed by atoms with E-state index in [1.165, 1.54) is 0 Å². The van der Waals surface area contributed by atoms with E-state index in [-0.39, 0.29) is 43.1 Å². The Morgan fingerprint density at radius 2 is 1.78 bits per heavy atom. The lowest BCUT2D eigenvalue weighted by atomic mass is 10.1. The molecule has 1 saturated heterocycles. The fraction of sp³-hybridized carbons (Fsp3) is 0.933. The third-order valence-electron chi connectivity index (χ3n) is 4.65. The van der Waals surface area contributed by atoms with Gasteiger partial charge in [0.15, 0.2) is 5.96 Å². The number of sulfonamides is 1. The molecule has 1 fully saturated rings. The average Bonchev–Trinajstić information content (AvgIpc) is 2.59. The molecule has 0 spiro atoms. The van der Waals surface area contributed by atoms with Crippen molar-refractivity contribution in [1.29, 1.82) is 0 Å². The largest absolute Gasteiger partial charge is 0.511 e. The molecule has 0 saturated carbocycles. The summed E-state index contributed by atoms with van der Waals surface area (Å²) in [6.45, 7) is 8.54. The van der Waals surface area contributed by atoms with Gasteiger partial charge in [0.05, 0.1) is 0 Å². The van der Waals surface area contributed by atoms with Crippen molar-refractivity contribution >= 4 is 40.0 Å². The Balaban J connectivity index is 0.00000676. The van der Waals surface area contributed by atoms with E-state index in [2.05, 4.69) is 41.3 Å². The Labute approximate surface area is 177 Å². The number of nitrogens with zero attached hydrogens (tertiary/aromatic N) is 3. The van der Waals surface area contributed by atoms with Crippen LogP contribution in [0.5, 0.6) is 0 Å². The maximum Gasteiger partial charge on any atom is 0.511 e. The van der Waals surface area contributed by atoms with Gasteiger partial charge in [-0.05, 0) is 32.9 Å². The minimum atomic E-state index is -5.24. The lowest BCUT2D eigenvalue weighted by molar-refractivity contribution is -0.0494. The molecule has 1 unspecified atom stereocenters. The van der Waals surface area contributed by atoms with E-state index < -0.39 is 15.5 Å². The minimum absolute atomic E-state index is 0. The summed E-state index contributed by atoms with van der Waals surface area (Å²) in [5, 5.41) is 6.38. The van der Waals surface area contributed by atoms with Gasteiger partial charge in [-0.15, -0.1) is 24.0 Å². The van der Waals surface area contributed by atoms with Crippen LogP contribution in [-0.2, 0) is 10.0 Å². The fourth-order valence-corrected chi connectivity index (χ4v) is 3.98. The molecule has 12 heteroatoms. The van der Waals surface area contributed by atoms with Gasteiger partial charge in [-0.2, -0.15) is 17.5 Å². The van der Waals surface area contributed by atoms with Gasteiger partial charge >= 0.3 is 15.5 Å². The van der Waals surface area contributed by atoms with Crippen molar-refractivity contribution < 1.29 is 21.6 Å². The van der Waals surface area contributed by atoms with Gasteiger partial charge in [-0.1, -0.05) is 13.8 Å². The van der Waals surface area contributed by atoms with Gasteiger partial charge in [0.2, 0.25) is 0 Å². The second-order valence-electron chi connectivity index (χ2n) is 6.29. The zero-order valence-corrected chi connectivity index (χ0v) is 19.4. The van der Waals surface area contributed by atoms with E-state index in [1.54, 1.807) is 7.05 Å². The number of rotatable bonds is 7. The van der Waals surface area contributed by atoms with Crippen molar-refractivity contribution in [3.63, 3.8) is 0 Å². The molecular formula is C15H31F3IN5O2S. The number of piperidine rings is 1. The van der Waals surface area contributed by atoms with Crippen LogP contribution in [0.25, 0.3) is 0 Å². The molecule has 2 N–H and O–H groups in total. The molecule has 0 aromatic rings. The van der Waals surface area contributed by atoms with E-state index in [0.717, 1.165) is 13.1 Å². The molecule has 1 atom stereocenters. The van der Waals surface area contributed by atoms with Crippen LogP contribution in [0.4, 0.5) is 13.2 Å². The van der Waals surface area contributed by atoms with Crippen LogP contribution in [0.15, 0.2) is 4.99 Å². The third-order valence-corrected chi connectivity index (χ3v) is 6.28. The summed E-state index contributed by atoms with van der Waals surface area (Å²) in [4.78, 5) is 6.43. The number of hydrogen-bond acceptors (Lipinski definition) is 4. The molecule has 0 aliphatic carbocycles. The van der Waals surface area contributed by atoms with E-state index in [0.29, 0.717) is 35.7 Å². The number of alkyl halides is 3. The molecule has 0 radical (unpaired) electrons. The number of likely N-dealkylation sites (N-methyl/N-ethyl adjacent to an activating group) is 1. The summed E-state index contributed by atoms with van der Waals surface area (Å²) in [6, 6.07) is 0.187. The Bertz CT molecular complexity index is 562. The predicted molar refractivity (Wildman–Crippen MR) is 112 cm³/mol. The molecule has 7 nitrogen and oxygen atoms in total. The fourth-order valence-electron chi connectivity index (χ4n) is 3.00. The standard InChI is InChI=1S/C15H30F3N5O2S.HI/c1-5-22(6-2)12(3)11-20-14(19-4)21-13-7-9-23(10-8-13)26(24,25)15(16,17)18;/h12-13H,5-11H2,1-4H3,(H2,19,20,21);1H.